The summed E-state index contributed by atoms with van der Waals surface area (Å²) in [4.78, 5) is 43.5. The Morgan fingerprint density at radius 1 is 0.893 bits per heavy atom. The van der Waals surface area contributed by atoms with Gasteiger partial charge in [0.2, 0.25) is 5.91 Å². The Morgan fingerprint density at radius 3 is 2.50 bits per heavy atom. The number of carbonyl (C=O) groups excluding carboxylic acids is 3. The third kappa shape index (κ3) is 3.78. The van der Waals surface area contributed by atoms with E-state index in [1.54, 1.807) is 17.2 Å². The van der Waals surface area contributed by atoms with Crippen LogP contribution in [-0.2, 0) is 4.79 Å². The summed E-state index contributed by atoms with van der Waals surface area (Å²) in [6.45, 7) is 2.68. The van der Waals surface area contributed by atoms with E-state index in [2.05, 4.69) is 10.3 Å². The molecule has 2 saturated heterocycles. The predicted molar refractivity (Wildman–Crippen MR) is 105 cm³/mol. The molecule has 0 saturated carbocycles. The molecule has 0 unspecified atom stereocenters. The van der Waals surface area contributed by atoms with Gasteiger partial charge in [0.05, 0.1) is 6.54 Å². The third-order valence-electron chi connectivity index (χ3n) is 5.33. The highest BCUT2D eigenvalue weighted by atomic mass is 16.2. The van der Waals surface area contributed by atoms with Crippen molar-refractivity contribution in [3.63, 3.8) is 0 Å². The lowest BCUT2D eigenvalue weighted by atomic mass is 10.0. The molecule has 4 rings (SSSR count). The van der Waals surface area contributed by atoms with E-state index in [0.29, 0.717) is 24.3 Å². The topological polar surface area (TPSA) is 85.5 Å². The quantitative estimate of drug-likeness (QED) is 0.853. The highest BCUT2D eigenvalue weighted by Gasteiger charge is 2.23. The summed E-state index contributed by atoms with van der Waals surface area (Å²) in [5.74, 6) is -0.267. The maximum Gasteiger partial charge on any atom is 0.270 e. The van der Waals surface area contributed by atoms with Crippen LogP contribution >= 0.6 is 0 Å². The van der Waals surface area contributed by atoms with Crippen LogP contribution in [0.25, 0.3) is 11.1 Å². The number of hydrogen-bond acceptors (Lipinski definition) is 3. The molecule has 0 aliphatic carbocycles. The number of hydrogen-bond donors (Lipinski definition) is 2. The van der Waals surface area contributed by atoms with Crippen molar-refractivity contribution in [2.24, 2.45) is 0 Å². The van der Waals surface area contributed by atoms with Crippen LogP contribution in [0.3, 0.4) is 0 Å². The number of nitrogens with zero attached hydrogens (tertiary/aromatic N) is 2. The molecule has 0 radical (unpaired) electrons. The minimum absolute atomic E-state index is 0.0255. The van der Waals surface area contributed by atoms with E-state index in [1.807, 2.05) is 29.2 Å². The van der Waals surface area contributed by atoms with Gasteiger partial charge in [-0.15, -0.1) is 0 Å². The summed E-state index contributed by atoms with van der Waals surface area (Å²) in [5.41, 5.74) is 2.84. The number of rotatable bonds is 3. The van der Waals surface area contributed by atoms with Crippen LogP contribution in [0.4, 0.5) is 0 Å². The lowest BCUT2D eigenvalue weighted by Crippen LogP contribution is -2.49. The largest absolute Gasteiger partial charge is 0.357 e. The van der Waals surface area contributed by atoms with Crippen LogP contribution in [0, 0.1) is 0 Å². The van der Waals surface area contributed by atoms with Gasteiger partial charge in [0.1, 0.15) is 5.69 Å². The third-order valence-corrected chi connectivity index (χ3v) is 5.33. The van der Waals surface area contributed by atoms with Gasteiger partial charge < -0.3 is 20.1 Å². The standard InChI is InChI=1S/C21H24N4O3/c26-19-14-25(10-7-22-19)20(27)16-6-4-5-15(11-16)17-12-18(23-13-17)21(28)24-8-2-1-3-9-24/h4-6,11-13,23H,1-3,7-10,14H2,(H,22,26). The molecule has 2 aliphatic heterocycles. The zero-order valence-corrected chi connectivity index (χ0v) is 15.7. The molecule has 28 heavy (non-hydrogen) atoms. The van der Waals surface area contributed by atoms with Crippen molar-refractivity contribution in [1.29, 1.82) is 0 Å². The molecule has 2 aliphatic rings. The number of piperazine rings is 1. The van der Waals surface area contributed by atoms with Gasteiger partial charge in [-0.3, -0.25) is 14.4 Å². The minimum atomic E-state index is -0.156. The smallest absolute Gasteiger partial charge is 0.270 e. The summed E-state index contributed by atoms with van der Waals surface area (Å²) in [5, 5.41) is 2.72. The second-order valence-electron chi connectivity index (χ2n) is 7.31. The van der Waals surface area contributed by atoms with E-state index in [1.165, 1.54) is 6.42 Å². The molecular formula is C21H24N4O3. The normalized spacial score (nSPS) is 17.4. The van der Waals surface area contributed by atoms with Gasteiger partial charge in [0, 0.05) is 37.9 Å². The van der Waals surface area contributed by atoms with Crippen LogP contribution in [-0.4, -0.2) is 65.2 Å². The maximum absolute atomic E-state index is 12.7. The Balaban J connectivity index is 1.51. The van der Waals surface area contributed by atoms with Crippen molar-refractivity contribution < 1.29 is 14.4 Å². The fourth-order valence-electron chi connectivity index (χ4n) is 3.78. The lowest BCUT2D eigenvalue weighted by molar-refractivity contribution is -0.123. The van der Waals surface area contributed by atoms with E-state index >= 15 is 0 Å². The van der Waals surface area contributed by atoms with Gasteiger partial charge in [-0.05, 0) is 48.6 Å². The van der Waals surface area contributed by atoms with Crippen molar-refractivity contribution in [1.82, 2.24) is 20.1 Å². The molecule has 0 bridgehead atoms. The molecule has 2 N–H and O–H groups in total. The first-order valence-electron chi connectivity index (χ1n) is 9.76. The molecule has 2 fully saturated rings. The first kappa shape index (κ1) is 18.3. The highest BCUT2D eigenvalue weighted by molar-refractivity contribution is 5.98. The SMILES string of the molecule is O=C1CN(C(=O)c2cccc(-c3c[nH]c(C(=O)N4CCCCC4)c3)c2)CCN1. The molecule has 7 nitrogen and oxygen atoms in total. The number of benzene rings is 1. The molecule has 3 heterocycles. The molecule has 2 aromatic rings. The number of amides is 3. The second kappa shape index (κ2) is 7.88. The summed E-state index contributed by atoms with van der Waals surface area (Å²) in [6, 6.07) is 9.15. The van der Waals surface area contributed by atoms with Gasteiger partial charge in [-0.25, -0.2) is 0 Å². The second-order valence-corrected chi connectivity index (χ2v) is 7.31. The van der Waals surface area contributed by atoms with E-state index in [9.17, 15) is 14.4 Å². The zero-order chi connectivity index (χ0) is 19.5. The number of nitrogens with one attached hydrogen (secondary N) is 2. The Labute approximate surface area is 163 Å². The van der Waals surface area contributed by atoms with Gasteiger partial charge in [-0.1, -0.05) is 12.1 Å². The Kier molecular flexibility index (Phi) is 5.14. The number of H-pyrrole nitrogens is 1. The van der Waals surface area contributed by atoms with Gasteiger partial charge >= 0.3 is 0 Å². The number of aromatic nitrogens is 1. The lowest BCUT2D eigenvalue weighted by Gasteiger charge is -2.26. The summed E-state index contributed by atoms with van der Waals surface area (Å²) >= 11 is 0. The molecule has 1 aromatic carbocycles. The van der Waals surface area contributed by atoms with Gasteiger partial charge in [0.25, 0.3) is 11.8 Å². The minimum Gasteiger partial charge on any atom is -0.357 e. The number of likely N-dealkylation sites (tertiary alicyclic amines) is 1. The van der Waals surface area contributed by atoms with Crippen LogP contribution < -0.4 is 5.32 Å². The Morgan fingerprint density at radius 2 is 1.71 bits per heavy atom. The zero-order valence-electron chi connectivity index (χ0n) is 15.7. The van der Waals surface area contributed by atoms with Crippen LogP contribution in [0.1, 0.15) is 40.1 Å². The van der Waals surface area contributed by atoms with E-state index in [4.69, 9.17) is 0 Å². The fourth-order valence-corrected chi connectivity index (χ4v) is 3.78. The van der Waals surface area contributed by atoms with Gasteiger partial charge in [-0.2, -0.15) is 0 Å². The van der Waals surface area contributed by atoms with Crippen molar-refractivity contribution in [3.8, 4) is 11.1 Å². The molecule has 1 aromatic heterocycles. The summed E-state index contributed by atoms with van der Waals surface area (Å²) < 4.78 is 0. The first-order chi connectivity index (χ1) is 13.6. The van der Waals surface area contributed by atoms with Crippen LogP contribution in [0.2, 0.25) is 0 Å². The molecule has 3 amide bonds. The van der Waals surface area contributed by atoms with Crippen molar-refractivity contribution >= 4 is 17.7 Å². The van der Waals surface area contributed by atoms with E-state index in [-0.39, 0.29) is 24.3 Å². The first-order valence-corrected chi connectivity index (χ1v) is 9.76. The Bertz CT molecular complexity index is 899. The highest BCUT2D eigenvalue weighted by Crippen LogP contribution is 2.23. The van der Waals surface area contributed by atoms with Crippen molar-refractivity contribution in [3.05, 3.63) is 47.8 Å². The van der Waals surface area contributed by atoms with Crippen LogP contribution in [0.5, 0.6) is 0 Å². The number of carbonyl (C=O) groups is 3. The summed E-state index contributed by atoms with van der Waals surface area (Å²) in [6.07, 6.45) is 5.09. The monoisotopic (exact) mass is 380 g/mol. The molecule has 0 spiro atoms. The van der Waals surface area contributed by atoms with Crippen LogP contribution in [0.15, 0.2) is 36.5 Å². The fraction of sp³-hybridized carbons (Fsp3) is 0.381. The number of aromatic amines is 1. The molecule has 0 atom stereocenters. The number of piperidine rings is 1. The molecule has 7 heteroatoms. The van der Waals surface area contributed by atoms with E-state index in [0.717, 1.165) is 37.1 Å². The van der Waals surface area contributed by atoms with Crippen molar-refractivity contribution in [2.45, 2.75) is 19.3 Å². The Hall–Kier alpha value is -3.09. The molecule has 146 valence electrons. The average Bonchev–Trinajstić information content (AvgIpc) is 3.24. The maximum atomic E-state index is 12.7. The molecular weight excluding hydrogens is 356 g/mol. The van der Waals surface area contributed by atoms with E-state index < -0.39 is 0 Å². The predicted octanol–water partition coefficient (Wildman–Crippen LogP) is 1.88. The summed E-state index contributed by atoms with van der Waals surface area (Å²) in [7, 11) is 0. The average molecular weight is 380 g/mol. The van der Waals surface area contributed by atoms with Gasteiger partial charge in [0.15, 0.2) is 0 Å². The van der Waals surface area contributed by atoms with Crippen molar-refractivity contribution in [2.75, 3.05) is 32.7 Å².